The summed E-state index contributed by atoms with van der Waals surface area (Å²) in [6, 6.07) is 0.848. The van der Waals surface area contributed by atoms with E-state index >= 15 is 0 Å². The second kappa shape index (κ2) is 5.57. The molecular formula is C14H27N3O. The first-order valence-electron chi connectivity index (χ1n) is 7.19. The van der Waals surface area contributed by atoms with Gasteiger partial charge in [0.25, 0.3) is 0 Å². The van der Waals surface area contributed by atoms with Crippen LogP contribution >= 0.6 is 0 Å². The summed E-state index contributed by atoms with van der Waals surface area (Å²) in [7, 11) is 4.22. The molecule has 2 rings (SSSR count). The van der Waals surface area contributed by atoms with Gasteiger partial charge in [-0.2, -0.15) is 0 Å². The number of carbonyl (C=O) groups is 1. The molecule has 0 saturated carbocycles. The minimum Gasteiger partial charge on any atom is -0.340 e. The van der Waals surface area contributed by atoms with Crippen LogP contribution in [0.2, 0.25) is 0 Å². The Morgan fingerprint density at radius 2 is 2.00 bits per heavy atom. The molecule has 2 heterocycles. The van der Waals surface area contributed by atoms with Crippen molar-refractivity contribution >= 4 is 5.91 Å². The Balaban J connectivity index is 1.98. The van der Waals surface area contributed by atoms with Crippen molar-refractivity contribution in [1.82, 2.24) is 15.1 Å². The number of piperidine rings is 1. The number of nitrogens with one attached hydrogen (secondary N) is 1. The molecule has 4 unspecified atom stereocenters. The van der Waals surface area contributed by atoms with Gasteiger partial charge in [-0.3, -0.25) is 4.79 Å². The highest BCUT2D eigenvalue weighted by Crippen LogP contribution is 2.25. The van der Waals surface area contributed by atoms with Gasteiger partial charge in [0.1, 0.15) is 0 Å². The molecule has 0 bridgehead atoms. The highest BCUT2D eigenvalue weighted by molar-refractivity contribution is 5.80. The molecule has 0 aromatic heterocycles. The van der Waals surface area contributed by atoms with Crippen molar-refractivity contribution in [3.63, 3.8) is 0 Å². The lowest BCUT2D eigenvalue weighted by atomic mass is 9.91. The largest absolute Gasteiger partial charge is 0.340 e. The third-order valence-corrected chi connectivity index (χ3v) is 4.63. The Hall–Kier alpha value is -0.610. The number of rotatable bonds is 2. The first-order valence-corrected chi connectivity index (χ1v) is 7.19. The molecule has 2 saturated heterocycles. The zero-order valence-corrected chi connectivity index (χ0v) is 12.1. The molecule has 18 heavy (non-hydrogen) atoms. The van der Waals surface area contributed by atoms with E-state index in [4.69, 9.17) is 0 Å². The predicted molar refractivity (Wildman–Crippen MR) is 73.4 cm³/mol. The Morgan fingerprint density at radius 1 is 1.28 bits per heavy atom. The van der Waals surface area contributed by atoms with Crippen LogP contribution in [0.25, 0.3) is 0 Å². The van der Waals surface area contributed by atoms with Gasteiger partial charge in [0.15, 0.2) is 0 Å². The van der Waals surface area contributed by atoms with E-state index in [1.165, 1.54) is 0 Å². The van der Waals surface area contributed by atoms with Gasteiger partial charge in [0.2, 0.25) is 5.91 Å². The monoisotopic (exact) mass is 253 g/mol. The van der Waals surface area contributed by atoms with E-state index < -0.39 is 0 Å². The number of nitrogens with zero attached hydrogens (tertiary/aromatic N) is 2. The summed E-state index contributed by atoms with van der Waals surface area (Å²) in [6.07, 6.45) is 2.17. The fraction of sp³-hybridized carbons (Fsp3) is 0.929. The highest BCUT2D eigenvalue weighted by Gasteiger charge is 2.38. The van der Waals surface area contributed by atoms with Crippen LogP contribution < -0.4 is 5.32 Å². The van der Waals surface area contributed by atoms with Crippen LogP contribution in [-0.4, -0.2) is 61.5 Å². The Bertz CT molecular complexity index is 305. The standard InChI is InChI=1S/C14H27N3O/c1-10-8-17(9-13(10)16(3)4)14(18)12-6-5-7-15-11(12)2/h10-13,15H,5-9H2,1-4H3. The van der Waals surface area contributed by atoms with Crippen LogP contribution in [0.3, 0.4) is 0 Å². The number of hydrogen-bond acceptors (Lipinski definition) is 3. The third kappa shape index (κ3) is 2.69. The fourth-order valence-electron chi connectivity index (χ4n) is 3.42. The average Bonchev–Trinajstić information content (AvgIpc) is 2.71. The van der Waals surface area contributed by atoms with Crippen LogP contribution in [-0.2, 0) is 4.79 Å². The average molecular weight is 253 g/mol. The van der Waals surface area contributed by atoms with Gasteiger partial charge in [0, 0.05) is 25.2 Å². The predicted octanol–water partition coefficient (Wildman–Crippen LogP) is 0.783. The van der Waals surface area contributed by atoms with Gasteiger partial charge in [-0.25, -0.2) is 0 Å². The van der Waals surface area contributed by atoms with Crippen molar-refractivity contribution < 1.29 is 4.79 Å². The van der Waals surface area contributed by atoms with E-state index in [0.29, 0.717) is 23.9 Å². The van der Waals surface area contributed by atoms with E-state index in [-0.39, 0.29) is 5.92 Å². The molecule has 1 N–H and O–H groups in total. The molecule has 1 amide bonds. The van der Waals surface area contributed by atoms with Crippen LogP contribution in [0.4, 0.5) is 0 Å². The van der Waals surface area contributed by atoms with Crippen molar-refractivity contribution in [2.45, 2.75) is 38.8 Å². The van der Waals surface area contributed by atoms with Gasteiger partial charge >= 0.3 is 0 Å². The number of hydrogen-bond donors (Lipinski definition) is 1. The zero-order chi connectivity index (χ0) is 13.3. The molecule has 4 atom stereocenters. The Kier molecular flexibility index (Phi) is 4.28. The highest BCUT2D eigenvalue weighted by atomic mass is 16.2. The minimum atomic E-state index is 0.187. The SMILES string of the molecule is CC1CN(C(=O)C2CCCNC2C)CC1N(C)C. The number of carbonyl (C=O) groups excluding carboxylic acids is 1. The van der Waals surface area contributed by atoms with Crippen molar-refractivity contribution in [3.05, 3.63) is 0 Å². The smallest absolute Gasteiger partial charge is 0.227 e. The Labute approximate surface area is 111 Å². The molecule has 0 radical (unpaired) electrons. The fourth-order valence-corrected chi connectivity index (χ4v) is 3.42. The summed E-state index contributed by atoms with van der Waals surface area (Å²) in [6.45, 7) is 7.27. The molecule has 2 aliphatic heterocycles. The van der Waals surface area contributed by atoms with Crippen LogP contribution in [0, 0.1) is 11.8 Å². The van der Waals surface area contributed by atoms with Crippen molar-refractivity contribution in [3.8, 4) is 0 Å². The summed E-state index contributed by atoms with van der Waals surface area (Å²) >= 11 is 0. The summed E-state index contributed by atoms with van der Waals surface area (Å²) in [5, 5.41) is 3.42. The van der Waals surface area contributed by atoms with Crippen molar-refractivity contribution in [2.24, 2.45) is 11.8 Å². The topological polar surface area (TPSA) is 35.6 Å². The van der Waals surface area contributed by atoms with Crippen molar-refractivity contribution in [1.29, 1.82) is 0 Å². The van der Waals surface area contributed by atoms with Crippen LogP contribution in [0.1, 0.15) is 26.7 Å². The maximum atomic E-state index is 12.6. The third-order valence-electron chi connectivity index (χ3n) is 4.63. The van der Waals surface area contributed by atoms with Crippen molar-refractivity contribution in [2.75, 3.05) is 33.7 Å². The van der Waals surface area contributed by atoms with Gasteiger partial charge in [-0.1, -0.05) is 6.92 Å². The molecule has 0 spiro atoms. The van der Waals surface area contributed by atoms with Gasteiger partial charge < -0.3 is 15.1 Å². The first kappa shape index (κ1) is 13.8. The van der Waals surface area contributed by atoms with Gasteiger partial charge in [-0.15, -0.1) is 0 Å². The molecule has 2 aliphatic rings. The lowest BCUT2D eigenvalue weighted by Crippen LogP contribution is -2.48. The summed E-state index contributed by atoms with van der Waals surface area (Å²) in [5.41, 5.74) is 0. The number of likely N-dealkylation sites (N-methyl/N-ethyl adjacent to an activating group) is 1. The van der Waals surface area contributed by atoms with E-state index in [1.807, 2.05) is 0 Å². The Morgan fingerprint density at radius 3 is 2.56 bits per heavy atom. The summed E-state index contributed by atoms with van der Waals surface area (Å²) < 4.78 is 0. The van der Waals surface area contributed by atoms with E-state index in [9.17, 15) is 4.79 Å². The molecule has 0 aromatic carbocycles. The number of amides is 1. The lowest BCUT2D eigenvalue weighted by molar-refractivity contribution is -0.136. The molecule has 2 fully saturated rings. The summed E-state index contributed by atoms with van der Waals surface area (Å²) in [5.74, 6) is 1.13. The maximum absolute atomic E-state index is 12.6. The van der Waals surface area contributed by atoms with Crippen LogP contribution in [0.15, 0.2) is 0 Å². The minimum absolute atomic E-state index is 0.187. The van der Waals surface area contributed by atoms with E-state index in [2.05, 4.69) is 43.1 Å². The lowest BCUT2D eigenvalue weighted by Gasteiger charge is -2.32. The molecule has 0 aliphatic carbocycles. The quantitative estimate of drug-likeness (QED) is 0.790. The molecule has 4 nitrogen and oxygen atoms in total. The maximum Gasteiger partial charge on any atom is 0.227 e. The van der Waals surface area contributed by atoms with E-state index in [0.717, 1.165) is 32.5 Å². The zero-order valence-electron chi connectivity index (χ0n) is 12.1. The summed E-state index contributed by atoms with van der Waals surface area (Å²) in [4.78, 5) is 16.9. The molecule has 4 heteroatoms. The van der Waals surface area contributed by atoms with Gasteiger partial charge in [-0.05, 0) is 46.3 Å². The molecule has 0 aromatic rings. The van der Waals surface area contributed by atoms with E-state index in [1.54, 1.807) is 0 Å². The second-order valence-electron chi connectivity index (χ2n) is 6.24. The molecular weight excluding hydrogens is 226 g/mol. The normalized spacial score (nSPS) is 37.3. The molecule has 104 valence electrons. The first-order chi connectivity index (χ1) is 8.50. The van der Waals surface area contributed by atoms with Crippen LogP contribution in [0.5, 0.6) is 0 Å². The van der Waals surface area contributed by atoms with Gasteiger partial charge in [0.05, 0.1) is 5.92 Å². The number of likely N-dealkylation sites (tertiary alicyclic amines) is 1. The second-order valence-corrected chi connectivity index (χ2v) is 6.24.